The summed E-state index contributed by atoms with van der Waals surface area (Å²) in [5.41, 5.74) is -3.05. The van der Waals surface area contributed by atoms with Crippen LogP contribution in [0.15, 0.2) is 11.0 Å². The third kappa shape index (κ3) is 2.52. The third-order valence-corrected chi connectivity index (χ3v) is 4.29. The zero-order valence-electron chi connectivity index (χ0n) is 12.6. The fraction of sp³-hybridized carbons (Fsp3) is 0.500. The first-order valence-electron chi connectivity index (χ1n) is 6.67. The Morgan fingerprint density at radius 3 is 2.48 bits per heavy atom. The Hall–Kier alpha value is -1.27. The molecule has 1 saturated heterocycles. The van der Waals surface area contributed by atoms with E-state index < -0.39 is 34.6 Å². The first-order valence-corrected chi connectivity index (χ1v) is 7.08. The second-order valence-electron chi connectivity index (χ2n) is 6.08. The Bertz CT molecular complexity index is 766. The minimum Gasteiger partial charge on any atom is -0.402 e. The van der Waals surface area contributed by atoms with Crippen LogP contribution in [-0.2, 0) is 10.4 Å². The molecule has 2 heterocycles. The average Bonchev–Trinajstić information content (AvgIpc) is 2.61. The van der Waals surface area contributed by atoms with Crippen LogP contribution in [0.4, 0.5) is 4.39 Å². The molecule has 0 bridgehead atoms. The third-order valence-electron chi connectivity index (χ3n) is 3.99. The van der Waals surface area contributed by atoms with E-state index in [0.29, 0.717) is 0 Å². The standard InChI is InChI=1S/C10H14B3FN2O6S/c11-9(16-1-3(2-17)6(20)15-7(16)23)5(19)4(18)8(14,22-9)10(12,13)21/h1-2,4-5,18-19,21H,11-13H2,(H,15,20,23)/t4-,5+,8-,9-/m0/s1. The number of ether oxygens (including phenoxy) is 1. The normalized spacial score (nSPS) is 34.4. The fourth-order valence-electron chi connectivity index (χ4n) is 2.50. The van der Waals surface area contributed by atoms with Crippen molar-refractivity contribution in [2.24, 2.45) is 0 Å². The van der Waals surface area contributed by atoms with Gasteiger partial charge in [-0.2, -0.15) is 0 Å². The van der Waals surface area contributed by atoms with Crippen molar-refractivity contribution < 1.29 is 29.2 Å². The van der Waals surface area contributed by atoms with Crippen molar-refractivity contribution in [1.29, 1.82) is 0 Å². The van der Waals surface area contributed by atoms with Crippen LogP contribution in [0.5, 0.6) is 0 Å². The maximum absolute atomic E-state index is 15.0. The molecule has 0 unspecified atom stereocenters. The second-order valence-corrected chi connectivity index (χ2v) is 6.47. The summed E-state index contributed by atoms with van der Waals surface area (Å²) in [6.45, 7) is 0. The monoisotopic (exact) mass is 342 g/mol. The molecule has 0 radical (unpaired) electrons. The number of aliphatic hydroxyl groups excluding tert-OH is 2. The van der Waals surface area contributed by atoms with Gasteiger partial charge in [0, 0.05) is 6.20 Å². The van der Waals surface area contributed by atoms with Gasteiger partial charge in [-0.15, -0.1) is 0 Å². The van der Waals surface area contributed by atoms with Crippen LogP contribution in [-0.4, -0.2) is 78.2 Å². The smallest absolute Gasteiger partial charge is 0.262 e. The van der Waals surface area contributed by atoms with Gasteiger partial charge in [0.2, 0.25) is 0 Å². The van der Waals surface area contributed by atoms with Gasteiger partial charge >= 0.3 is 0 Å². The molecule has 4 atom stereocenters. The lowest BCUT2D eigenvalue weighted by Crippen LogP contribution is -2.59. The lowest BCUT2D eigenvalue weighted by Gasteiger charge is -2.37. The number of hydrogen-bond donors (Lipinski definition) is 4. The van der Waals surface area contributed by atoms with E-state index in [9.17, 15) is 29.3 Å². The summed E-state index contributed by atoms with van der Waals surface area (Å²) in [5, 5.41) is 28.1. The Morgan fingerprint density at radius 1 is 1.48 bits per heavy atom. The lowest BCUT2D eigenvalue weighted by molar-refractivity contribution is -0.242. The fourth-order valence-corrected chi connectivity index (χ4v) is 2.82. The van der Waals surface area contributed by atoms with Crippen molar-refractivity contribution in [1.82, 2.24) is 9.55 Å². The number of aromatic amines is 1. The maximum atomic E-state index is 15.0. The van der Waals surface area contributed by atoms with E-state index >= 15 is 0 Å². The van der Waals surface area contributed by atoms with Crippen LogP contribution >= 0.6 is 12.2 Å². The molecule has 122 valence electrons. The summed E-state index contributed by atoms with van der Waals surface area (Å²) >= 11 is 4.95. The molecule has 1 fully saturated rings. The number of hydrogen-bond acceptors (Lipinski definition) is 7. The molecule has 1 aromatic rings. The van der Waals surface area contributed by atoms with Gasteiger partial charge in [-0.3, -0.25) is 14.6 Å². The Labute approximate surface area is 137 Å². The van der Waals surface area contributed by atoms with Gasteiger partial charge in [0.15, 0.2) is 18.9 Å². The highest BCUT2D eigenvalue weighted by Crippen LogP contribution is 2.44. The van der Waals surface area contributed by atoms with Crippen LogP contribution in [0.1, 0.15) is 10.4 Å². The zero-order valence-corrected chi connectivity index (χ0v) is 13.4. The number of aldehydes is 1. The Morgan fingerprint density at radius 2 is 2.04 bits per heavy atom. The minimum absolute atomic E-state index is 0.254. The average molecular weight is 342 g/mol. The number of halogens is 1. The maximum Gasteiger partial charge on any atom is 0.262 e. The number of nitrogens with one attached hydrogen (secondary N) is 1. The zero-order chi connectivity index (χ0) is 17.8. The van der Waals surface area contributed by atoms with Crippen molar-refractivity contribution in [3.05, 3.63) is 26.9 Å². The number of aliphatic hydroxyl groups is 3. The summed E-state index contributed by atoms with van der Waals surface area (Å²) in [6.07, 6.45) is -2.69. The van der Waals surface area contributed by atoms with Gasteiger partial charge in [-0.25, -0.2) is 4.39 Å². The van der Waals surface area contributed by atoms with E-state index in [0.717, 1.165) is 26.5 Å². The number of carbonyl (C=O) groups excluding carboxylic acids is 1. The quantitative estimate of drug-likeness (QED) is 0.247. The topological polar surface area (TPSA) is 125 Å². The predicted octanol–water partition coefficient (Wildman–Crippen LogP) is -4.71. The summed E-state index contributed by atoms with van der Waals surface area (Å²) in [5.74, 6) is -3.01. The Kier molecular flexibility index (Phi) is 4.23. The van der Waals surface area contributed by atoms with Gasteiger partial charge in [-0.1, -0.05) is 0 Å². The lowest BCUT2D eigenvalue weighted by atomic mass is 9.59. The largest absolute Gasteiger partial charge is 0.402 e. The van der Waals surface area contributed by atoms with Crippen LogP contribution in [0.2, 0.25) is 0 Å². The van der Waals surface area contributed by atoms with Crippen LogP contribution in [0, 0.1) is 4.77 Å². The number of rotatable bonds is 3. The molecule has 8 nitrogen and oxygen atoms in total. The van der Waals surface area contributed by atoms with E-state index in [2.05, 4.69) is 4.98 Å². The van der Waals surface area contributed by atoms with Gasteiger partial charge in [0.25, 0.3) is 11.4 Å². The molecule has 23 heavy (non-hydrogen) atoms. The summed E-state index contributed by atoms with van der Waals surface area (Å²) in [7, 11) is 3.34. The first kappa shape index (κ1) is 18.1. The second kappa shape index (κ2) is 5.38. The van der Waals surface area contributed by atoms with Gasteiger partial charge in [0.05, 0.1) is 11.0 Å². The molecule has 0 saturated carbocycles. The van der Waals surface area contributed by atoms with Crippen molar-refractivity contribution in [3.8, 4) is 0 Å². The van der Waals surface area contributed by atoms with E-state index in [1.165, 1.54) is 7.85 Å². The number of H-pyrrole nitrogens is 1. The SMILES string of the molecule is BC(B)(O)[C@@]1(F)O[C@@](B)(n2cc(C=O)c(=O)[nH]c2=S)[C@H](O)[C@@H]1O. The van der Waals surface area contributed by atoms with Gasteiger partial charge in [0.1, 0.15) is 33.5 Å². The van der Waals surface area contributed by atoms with Crippen molar-refractivity contribution in [2.45, 2.75) is 29.1 Å². The highest BCUT2D eigenvalue weighted by molar-refractivity contribution is 7.71. The van der Waals surface area contributed by atoms with Crippen LogP contribution in [0.25, 0.3) is 0 Å². The molecule has 13 heteroatoms. The summed E-state index contributed by atoms with van der Waals surface area (Å²) in [4.78, 5) is 24.6. The molecule has 0 aromatic carbocycles. The molecular weight excluding hydrogens is 328 g/mol. The van der Waals surface area contributed by atoms with Crippen LogP contribution in [0.3, 0.4) is 0 Å². The molecule has 0 amide bonds. The number of carbonyl (C=O) groups is 1. The summed E-state index contributed by atoms with van der Waals surface area (Å²) in [6, 6.07) is 0. The van der Waals surface area contributed by atoms with E-state index in [-0.39, 0.29) is 16.6 Å². The molecule has 1 aliphatic heterocycles. The van der Waals surface area contributed by atoms with E-state index in [1.54, 1.807) is 0 Å². The number of alkyl halides is 1. The highest BCUT2D eigenvalue weighted by Gasteiger charge is 2.67. The van der Waals surface area contributed by atoms with Crippen molar-refractivity contribution >= 4 is 42.0 Å². The van der Waals surface area contributed by atoms with Crippen molar-refractivity contribution in [3.63, 3.8) is 0 Å². The molecule has 0 spiro atoms. The molecule has 1 aromatic heterocycles. The molecule has 0 aliphatic carbocycles. The molecule has 1 aliphatic rings. The molecular formula is C10H14B3FN2O6S. The molecule has 4 N–H and O–H groups in total. The highest BCUT2D eigenvalue weighted by atomic mass is 32.1. The predicted molar refractivity (Wildman–Crippen MR) is 86.8 cm³/mol. The first-order chi connectivity index (χ1) is 10.4. The minimum atomic E-state index is -3.01. The number of aromatic nitrogens is 2. The van der Waals surface area contributed by atoms with E-state index in [4.69, 9.17) is 17.0 Å². The Balaban J connectivity index is 2.67. The van der Waals surface area contributed by atoms with E-state index in [1.807, 2.05) is 0 Å². The van der Waals surface area contributed by atoms with Crippen molar-refractivity contribution in [2.75, 3.05) is 0 Å². The molecule has 2 rings (SSSR count). The van der Waals surface area contributed by atoms with Crippen LogP contribution < -0.4 is 5.56 Å². The van der Waals surface area contributed by atoms with Gasteiger partial charge < -0.3 is 24.6 Å². The number of nitrogens with zero attached hydrogens (tertiary/aromatic N) is 1. The van der Waals surface area contributed by atoms with Gasteiger partial charge in [-0.05, 0) is 12.2 Å². The summed E-state index contributed by atoms with van der Waals surface area (Å²) < 4.78 is 20.8.